The van der Waals surface area contributed by atoms with Crippen LogP contribution in [0.1, 0.15) is 44.2 Å². The van der Waals surface area contributed by atoms with Gasteiger partial charge in [-0.15, -0.1) is 0 Å². The molecule has 0 aliphatic rings. The zero-order valence-electron chi connectivity index (χ0n) is 16.4. The van der Waals surface area contributed by atoms with Crippen molar-refractivity contribution in [3.05, 3.63) is 59.7 Å². The number of carbonyl (C=O) groups excluding carboxylic acids is 2. The maximum Gasteiger partial charge on any atom is 0.249 e. The number of unbranched alkanes of at least 4 members (excludes halogenated alkanes) is 1. The highest BCUT2D eigenvalue weighted by Crippen LogP contribution is 2.15. The van der Waals surface area contributed by atoms with Crippen LogP contribution in [-0.4, -0.2) is 24.6 Å². The summed E-state index contributed by atoms with van der Waals surface area (Å²) in [5.41, 5.74) is 4.95. The first-order valence-corrected chi connectivity index (χ1v) is 9.55. The molecule has 0 aliphatic carbocycles. The van der Waals surface area contributed by atoms with Gasteiger partial charge in [-0.3, -0.25) is 9.59 Å². The molecule has 2 N–H and O–H groups in total. The molecule has 0 saturated heterocycles. The summed E-state index contributed by atoms with van der Waals surface area (Å²) in [6.45, 7) is 4.83. The van der Waals surface area contributed by atoms with Crippen LogP contribution >= 0.6 is 0 Å². The number of nitrogens with zero attached hydrogens (tertiary/aromatic N) is 1. The largest absolute Gasteiger partial charge is 0.494 e. The van der Waals surface area contributed by atoms with Gasteiger partial charge < -0.3 is 10.1 Å². The van der Waals surface area contributed by atoms with Crippen LogP contribution in [-0.2, 0) is 16.0 Å². The van der Waals surface area contributed by atoms with Crippen LogP contribution in [0.5, 0.6) is 5.75 Å². The lowest BCUT2D eigenvalue weighted by Crippen LogP contribution is -2.25. The van der Waals surface area contributed by atoms with Crippen molar-refractivity contribution in [3.8, 4) is 5.75 Å². The molecule has 2 rings (SSSR count). The number of rotatable bonds is 10. The predicted molar refractivity (Wildman–Crippen MR) is 112 cm³/mol. The molecule has 6 nitrogen and oxygen atoms in total. The Kier molecular flexibility index (Phi) is 8.72. The van der Waals surface area contributed by atoms with Crippen LogP contribution in [0.3, 0.4) is 0 Å². The lowest BCUT2D eigenvalue weighted by atomic mass is 10.1. The minimum Gasteiger partial charge on any atom is -0.494 e. The molecule has 148 valence electrons. The third kappa shape index (κ3) is 7.23. The molecular formula is C22H27N3O3. The smallest absolute Gasteiger partial charge is 0.249 e. The first-order valence-electron chi connectivity index (χ1n) is 9.55. The van der Waals surface area contributed by atoms with E-state index >= 15 is 0 Å². The summed E-state index contributed by atoms with van der Waals surface area (Å²) in [4.78, 5) is 23.9. The van der Waals surface area contributed by atoms with E-state index in [4.69, 9.17) is 4.74 Å². The Morgan fingerprint density at radius 3 is 2.50 bits per heavy atom. The van der Waals surface area contributed by atoms with Crippen LogP contribution in [0.15, 0.2) is 53.6 Å². The first kappa shape index (κ1) is 21.2. The average molecular weight is 381 g/mol. The molecule has 2 aromatic carbocycles. The van der Waals surface area contributed by atoms with E-state index in [0.717, 1.165) is 41.8 Å². The number of hydrazone groups is 1. The maximum absolute atomic E-state index is 12.0. The van der Waals surface area contributed by atoms with E-state index in [1.165, 1.54) is 6.21 Å². The molecule has 2 aromatic rings. The third-order valence-electron chi connectivity index (χ3n) is 4.04. The molecule has 6 heteroatoms. The van der Waals surface area contributed by atoms with Gasteiger partial charge in [0.15, 0.2) is 0 Å². The highest BCUT2D eigenvalue weighted by Gasteiger charge is 2.10. The van der Waals surface area contributed by atoms with Gasteiger partial charge in [0.25, 0.3) is 0 Å². The molecule has 0 saturated carbocycles. The molecule has 0 fully saturated rings. The number of ether oxygens (including phenoxy) is 1. The molecule has 0 heterocycles. The summed E-state index contributed by atoms with van der Waals surface area (Å²) in [5, 5.41) is 6.66. The number of hydrogen-bond donors (Lipinski definition) is 2. The minimum absolute atomic E-state index is 0.292. The fourth-order valence-electron chi connectivity index (χ4n) is 2.49. The Morgan fingerprint density at radius 1 is 1.04 bits per heavy atom. The van der Waals surface area contributed by atoms with E-state index in [1.807, 2.05) is 55.5 Å². The number of para-hydroxylation sites is 1. The van der Waals surface area contributed by atoms with Gasteiger partial charge in [-0.1, -0.05) is 38.5 Å². The summed E-state index contributed by atoms with van der Waals surface area (Å²) < 4.78 is 5.59. The van der Waals surface area contributed by atoms with Gasteiger partial charge in [-0.2, -0.15) is 5.10 Å². The monoisotopic (exact) mass is 381 g/mol. The fraction of sp³-hybridized carbons (Fsp3) is 0.318. The maximum atomic E-state index is 12.0. The molecule has 28 heavy (non-hydrogen) atoms. The van der Waals surface area contributed by atoms with Crippen molar-refractivity contribution in [1.82, 2.24) is 5.43 Å². The van der Waals surface area contributed by atoms with Crippen molar-refractivity contribution in [2.75, 3.05) is 11.9 Å². The molecule has 0 spiro atoms. The summed E-state index contributed by atoms with van der Waals surface area (Å²) in [6, 6.07) is 15.0. The standard InChI is InChI=1S/C22H27N3O3/c1-3-5-14-28-19-12-10-17(11-13-19)16-23-25-22(27)15-21(26)24-20-9-7-6-8-18(20)4-2/h6-13,16H,3-5,14-15H2,1-2H3,(H,24,26)(H,25,27). The Bertz CT molecular complexity index is 801. The Balaban J connectivity index is 1.77. The number of carbonyl (C=O) groups is 2. The molecule has 0 radical (unpaired) electrons. The Labute approximate surface area is 166 Å². The van der Waals surface area contributed by atoms with Gasteiger partial charge in [0.2, 0.25) is 11.8 Å². The minimum atomic E-state index is -0.470. The summed E-state index contributed by atoms with van der Waals surface area (Å²) in [6.07, 6.45) is 4.15. The number of amides is 2. The van der Waals surface area contributed by atoms with E-state index in [1.54, 1.807) is 0 Å². The summed E-state index contributed by atoms with van der Waals surface area (Å²) in [5.74, 6) is -0.0388. The van der Waals surface area contributed by atoms with E-state index in [9.17, 15) is 9.59 Å². The molecule has 0 aromatic heterocycles. The number of anilines is 1. The van der Waals surface area contributed by atoms with Gasteiger partial charge in [0, 0.05) is 5.69 Å². The van der Waals surface area contributed by atoms with Crippen molar-refractivity contribution in [2.24, 2.45) is 5.10 Å². The molecule has 2 amide bonds. The van der Waals surface area contributed by atoms with Crippen molar-refractivity contribution in [1.29, 1.82) is 0 Å². The van der Waals surface area contributed by atoms with E-state index < -0.39 is 5.91 Å². The van der Waals surface area contributed by atoms with E-state index in [-0.39, 0.29) is 12.3 Å². The summed E-state index contributed by atoms with van der Waals surface area (Å²) >= 11 is 0. The van der Waals surface area contributed by atoms with E-state index in [0.29, 0.717) is 6.61 Å². The summed E-state index contributed by atoms with van der Waals surface area (Å²) in [7, 11) is 0. The van der Waals surface area contributed by atoms with Crippen molar-refractivity contribution >= 4 is 23.7 Å². The SMILES string of the molecule is CCCCOc1ccc(C=NNC(=O)CC(=O)Nc2ccccc2CC)cc1. The Hall–Kier alpha value is -3.15. The lowest BCUT2D eigenvalue weighted by Gasteiger charge is -2.09. The van der Waals surface area contributed by atoms with Gasteiger partial charge in [-0.25, -0.2) is 5.43 Å². The second-order valence-corrected chi connectivity index (χ2v) is 6.30. The lowest BCUT2D eigenvalue weighted by molar-refractivity contribution is -0.126. The molecular weight excluding hydrogens is 354 g/mol. The number of aryl methyl sites for hydroxylation is 1. The zero-order valence-corrected chi connectivity index (χ0v) is 16.4. The first-order chi connectivity index (χ1) is 13.6. The van der Waals surface area contributed by atoms with Crippen LogP contribution in [0.4, 0.5) is 5.69 Å². The van der Waals surface area contributed by atoms with Crippen LogP contribution in [0.25, 0.3) is 0 Å². The van der Waals surface area contributed by atoms with Gasteiger partial charge in [0.05, 0.1) is 12.8 Å². The Morgan fingerprint density at radius 2 is 1.79 bits per heavy atom. The van der Waals surface area contributed by atoms with Crippen LogP contribution in [0, 0.1) is 0 Å². The van der Waals surface area contributed by atoms with Crippen molar-refractivity contribution in [3.63, 3.8) is 0 Å². The predicted octanol–water partition coefficient (Wildman–Crippen LogP) is 3.91. The zero-order chi connectivity index (χ0) is 20.2. The van der Waals surface area contributed by atoms with Crippen molar-refractivity contribution in [2.45, 2.75) is 39.5 Å². The average Bonchev–Trinajstić information content (AvgIpc) is 2.69. The van der Waals surface area contributed by atoms with Gasteiger partial charge in [0.1, 0.15) is 12.2 Å². The molecule has 0 unspecified atom stereocenters. The number of nitrogens with one attached hydrogen (secondary N) is 2. The molecule has 0 bridgehead atoms. The second-order valence-electron chi connectivity index (χ2n) is 6.30. The third-order valence-corrected chi connectivity index (χ3v) is 4.04. The van der Waals surface area contributed by atoms with Gasteiger partial charge in [-0.05, 0) is 54.3 Å². The topological polar surface area (TPSA) is 79.8 Å². The molecule has 0 aliphatic heterocycles. The normalized spacial score (nSPS) is 10.6. The highest BCUT2D eigenvalue weighted by atomic mass is 16.5. The van der Waals surface area contributed by atoms with Crippen molar-refractivity contribution < 1.29 is 14.3 Å². The van der Waals surface area contributed by atoms with E-state index in [2.05, 4.69) is 22.8 Å². The number of hydrogen-bond acceptors (Lipinski definition) is 4. The second kappa shape index (κ2) is 11.5. The van der Waals surface area contributed by atoms with Crippen LogP contribution in [0.2, 0.25) is 0 Å². The highest BCUT2D eigenvalue weighted by molar-refractivity contribution is 6.04. The molecule has 0 atom stereocenters. The fourth-order valence-corrected chi connectivity index (χ4v) is 2.49. The number of benzene rings is 2. The van der Waals surface area contributed by atoms with Crippen LogP contribution < -0.4 is 15.5 Å². The van der Waals surface area contributed by atoms with Gasteiger partial charge >= 0.3 is 0 Å². The quantitative estimate of drug-likeness (QED) is 0.283.